The molecular formula is C24H20F3N5O2. The van der Waals surface area contributed by atoms with Crippen molar-refractivity contribution in [3.63, 3.8) is 0 Å². The van der Waals surface area contributed by atoms with E-state index in [4.69, 9.17) is 4.74 Å². The molecule has 3 aromatic rings. The number of ether oxygens (including phenoxy) is 1. The average molecular weight is 467 g/mol. The molecule has 0 aliphatic carbocycles. The van der Waals surface area contributed by atoms with Gasteiger partial charge in [-0.3, -0.25) is 14.8 Å². The first-order chi connectivity index (χ1) is 16.3. The molecule has 0 aliphatic heterocycles. The van der Waals surface area contributed by atoms with E-state index in [1.54, 1.807) is 12.1 Å². The van der Waals surface area contributed by atoms with Gasteiger partial charge in [-0.1, -0.05) is 12.6 Å². The van der Waals surface area contributed by atoms with E-state index < -0.39 is 24.1 Å². The SMILES string of the molecule is C=CN=C(/C=C(\Cc1ccc(NC(=O)c2ccc(OC)nc2)nc1)C(F)(F)F)c1cccnc1. The van der Waals surface area contributed by atoms with Gasteiger partial charge in [0.1, 0.15) is 5.82 Å². The van der Waals surface area contributed by atoms with Gasteiger partial charge in [0.05, 0.1) is 18.4 Å². The Morgan fingerprint density at radius 1 is 1.12 bits per heavy atom. The number of pyridine rings is 3. The molecule has 0 fully saturated rings. The summed E-state index contributed by atoms with van der Waals surface area (Å²) >= 11 is 0. The third kappa shape index (κ3) is 6.58. The fraction of sp³-hybridized carbons (Fsp3) is 0.125. The van der Waals surface area contributed by atoms with Crippen LogP contribution in [0, 0.1) is 0 Å². The highest BCUT2D eigenvalue weighted by atomic mass is 19.4. The Morgan fingerprint density at radius 3 is 2.50 bits per heavy atom. The molecule has 0 saturated heterocycles. The summed E-state index contributed by atoms with van der Waals surface area (Å²) in [5, 5.41) is 2.57. The van der Waals surface area contributed by atoms with E-state index in [-0.39, 0.29) is 17.1 Å². The van der Waals surface area contributed by atoms with Gasteiger partial charge in [0.25, 0.3) is 5.91 Å². The molecule has 10 heteroatoms. The second kappa shape index (κ2) is 11.0. The number of halogens is 3. The third-order valence-corrected chi connectivity index (χ3v) is 4.53. The van der Waals surface area contributed by atoms with Crippen molar-refractivity contribution in [1.29, 1.82) is 0 Å². The highest BCUT2D eigenvalue weighted by Gasteiger charge is 2.34. The number of carbonyl (C=O) groups is 1. The van der Waals surface area contributed by atoms with Crippen molar-refractivity contribution in [3.05, 3.63) is 102 Å². The highest BCUT2D eigenvalue weighted by molar-refractivity contribution is 6.09. The highest BCUT2D eigenvalue weighted by Crippen LogP contribution is 2.29. The molecule has 0 aromatic carbocycles. The summed E-state index contributed by atoms with van der Waals surface area (Å²) < 4.78 is 46.2. The van der Waals surface area contributed by atoms with Crippen LogP contribution in [-0.4, -0.2) is 39.9 Å². The number of rotatable bonds is 8. The third-order valence-electron chi connectivity index (χ3n) is 4.53. The zero-order chi connectivity index (χ0) is 24.6. The molecule has 7 nitrogen and oxygen atoms in total. The van der Waals surface area contributed by atoms with Crippen LogP contribution in [0.25, 0.3) is 0 Å². The van der Waals surface area contributed by atoms with Gasteiger partial charge in [0.15, 0.2) is 0 Å². The molecule has 174 valence electrons. The van der Waals surface area contributed by atoms with E-state index >= 15 is 0 Å². The molecule has 3 rings (SSSR count). The normalized spacial score (nSPS) is 12.2. The maximum Gasteiger partial charge on any atom is 0.413 e. The smallest absolute Gasteiger partial charge is 0.413 e. The van der Waals surface area contributed by atoms with Gasteiger partial charge in [-0.25, -0.2) is 9.97 Å². The van der Waals surface area contributed by atoms with Gasteiger partial charge in [-0.2, -0.15) is 13.2 Å². The van der Waals surface area contributed by atoms with E-state index in [0.29, 0.717) is 17.0 Å². The second-order valence-electron chi connectivity index (χ2n) is 6.88. The number of carbonyl (C=O) groups excluding carboxylic acids is 1. The van der Waals surface area contributed by atoms with Crippen molar-refractivity contribution in [2.45, 2.75) is 12.6 Å². The number of aliphatic imine (C=N–C) groups is 1. The first-order valence-electron chi connectivity index (χ1n) is 9.93. The number of aromatic nitrogens is 3. The molecular weight excluding hydrogens is 447 g/mol. The molecule has 1 N–H and O–H groups in total. The van der Waals surface area contributed by atoms with Crippen LogP contribution < -0.4 is 10.1 Å². The lowest BCUT2D eigenvalue weighted by Gasteiger charge is -2.13. The standard InChI is InChI=1S/C24H20F3N5O2/c1-3-29-20(17-5-4-10-28-14-17)12-19(24(25,26)27)11-16-6-8-21(30-13-16)32-23(33)18-7-9-22(34-2)31-15-18/h3-10,12-15H,1,11H2,2H3,(H,30,32,33)/b19-12+,29-20?. The summed E-state index contributed by atoms with van der Waals surface area (Å²) in [4.78, 5) is 28.2. The Bertz CT molecular complexity index is 1190. The number of methoxy groups -OCH3 is 1. The van der Waals surface area contributed by atoms with E-state index in [1.807, 2.05) is 0 Å². The summed E-state index contributed by atoms with van der Waals surface area (Å²) in [5.74, 6) is 0.0803. The van der Waals surface area contributed by atoms with Crippen LogP contribution in [0.5, 0.6) is 5.88 Å². The molecule has 34 heavy (non-hydrogen) atoms. The average Bonchev–Trinajstić information content (AvgIpc) is 2.84. The quantitative estimate of drug-likeness (QED) is 0.481. The molecule has 0 radical (unpaired) electrons. The summed E-state index contributed by atoms with van der Waals surface area (Å²) in [5.41, 5.74) is 0.267. The predicted octanol–water partition coefficient (Wildman–Crippen LogP) is 4.80. The Morgan fingerprint density at radius 2 is 1.94 bits per heavy atom. The van der Waals surface area contributed by atoms with Crippen molar-refractivity contribution >= 4 is 17.4 Å². The Labute approximate surface area is 193 Å². The number of allylic oxidation sites excluding steroid dienone is 2. The van der Waals surface area contributed by atoms with Gasteiger partial charge in [-0.05, 0) is 35.9 Å². The summed E-state index contributed by atoms with van der Waals surface area (Å²) in [6, 6.07) is 9.17. The lowest BCUT2D eigenvalue weighted by molar-refractivity contribution is -0.0930. The van der Waals surface area contributed by atoms with Crippen LogP contribution in [0.1, 0.15) is 21.5 Å². The number of amides is 1. The van der Waals surface area contributed by atoms with Gasteiger partial charge >= 0.3 is 6.18 Å². The van der Waals surface area contributed by atoms with Crippen LogP contribution >= 0.6 is 0 Å². The molecule has 1 amide bonds. The maximum absolute atomic E-state index is 13.8. The Hall–Kier alpha value is -4.34. The van der Waals surface area contributed by atoms with E-state index in [2.05, 4.69) is 31.8 Å². The second-order valence-corrected chi connectivity index (χ2v) is 6.88. The van der Waals surface area contributed by atoms with Crippen molar-refractivity contribution in [3.8, 4) is 5.88 Å². The molecule has 0 saturated carbocycles. The van der Waals surface area contributed by atoms with Crippen molar-refractivity contribution < 1.29 is 22.7 Å². The number of hydrogen-bond acceptors (Lipinski definition) is 6. The minimum atomic E-state index is -4.60. The summed E-state index contributed by atoms with van der Waals surface area (Å²) in [7, 11) is 1.46. The Kier molecular flexibility index (Phi) is 7.86. The monoisotopic (exact) mass is 467 g/mol. The van der Waals surface area contributed by atoms with E-state index in [0.717, 1.165) is 6.08 Å². The number of nitrogens with one attached hydrogen (secondary N) is 1. The van der Waals surface area contributed by atoms with Gasteiger partial charge < -0.3 is 10.1 Å². The molecule has 3 heterocycles. The molecule has 0 unspecified atom stereocenters. The molecule has 0 aliphatic rings. The first-order valence-corrected chi connectivity index (χ1v) is 9.93. The fourth-order valence-corrected chi connectivity index (χ4v) is 2.85. The number of nitrogens with zero attached hydrogens (tertiary/aromatic N) is 4. The molecule has 0 atom stereocenters. The number of hydrogen-bond donors (Lipinski definition) is 1. The number of alkyl halides is 3. The predicted molar refractivity (Wildman–Crippen MR) is 122 cm³/mol. The van der Waals surface area contributed by atoms with Crippen LogP contribution in [0.15, 0.2) is 90.6 Å². The van der Waals surface area contributed by atoms with Crippen molar-refractivity contribution in [2.75, 3.05) is 12.4 Å². The Balaban J connectivity index is 1.77. The van der Waals surface area contributed by atoms with E-state index in [1.165, 1.54) is 62.4 Å². The number of anilines is 1. The van der Waals surface area contributed by atoms with Crippen molar-refractivity contribution in [1.82, 2.24) is 15.0 Å². The van der Waals surface area contributed by atoms with Gasteiger partial charge in [0.2, 0.25) is 5.88 Å². The van der Waals surface area contributed by atoms with Crippen LogP contribution in [0.4, 0.5) is 19.0 Å². The minimum absolute atomic E-state index is 0.0837. The van der Waals surface area contributed by atoms with Crippen LogP contribution in [0.2, 0.25) is 0 Å². The fourth-order valence-electron chi connectivity index (χ4n) is 2.85. The first kappa shape index (κ1) is 24.3. The van der Waals surface area contributed by atoms with Gasteiger partial charge in [-0.15, -0.1) is 0 Å². The van der Waals surface area contributed by atoms with Gasteiger partial charge in [0, 0.05) is 54.6 Å². The largest absolute Gasteiger partial charge is 0.481 e. The molecule has 0 spiro atoms. The van der Waals surface area contributed by atoms with Crippen LogP contribution in [0.3, 0.4) is 0 Å². The zero-order valence-corrected chi connectivity index (χ0v) is 18.1. The maximum atomic E-state index is 13.8. The van der Waals surface area contributed by atoms with Crippen molar-refractivity contribution in [2.24, 2.45) is 4.99 Å². The summed E-state index contributed by atoms with van der Waals surface area (Å²) in [6.45, 7) is 3.47. The lowest BCUT2D eigenvalue weighted by atomic mass is 10.0. The minimum Gasteiger partial charge on any atom is -0.481 e. The van der Waals surface area contributed by atoms with Crippen LogP contribution in [-0.2, 0) is 6.42 Å². The zero-order valence-electron chi connectivity index (χ0n) is 18.1. The lowest BCUT2D eigenvalue weighted by Crippen LogP contribution is -2.17. The molecule has 3 aromatic heterocycles. The summed E-state index contributed by atoms with van der Waals surface area (Å²) in [6.07, 6.45) is 2.64. The van der Waals surface area contributed by atoms with E-state index in [9.17, 15) is 18.0 Å². The molecule has 0 bridgehead atoms. The topological polar surface area (TPSA) is 89.4 Å².